The topological polar surface area (TPSA) is 0 Å². The fourth-order valence-corrected chi connectivity index (χ4v) is 4.60. The molecule has 0 fully saturated rings. The third kappa shape index (κ3) is 2.63. The molecule has 0 unspecified atom stereocenters. The fourth-order valence-electron chi connectivity index (χ4n) is 1.51. The first-order valence-corrected chi connectivity index (χ1v) is 7.65. The van der Waals surface area contributed by atoms with Gasteiger partial charge in [-0.25, -0.2) is 0 Å². The molecule has 2 aromatic rings. The number of rotatable bonds is 2. The Bertz CT molecular complexity index is 417. The van der Waals surface area contributed by atoms with Crippen molar-refractivity contribution in [2.75, 3.05) is 0 Å². The Balaban J connectivity index is 2.30. The second-order valence-electron chi connectivity index (χ2n) is 3.68. The molecule has 0 N–H and O–H groups in total. The zero-order valence-corrected chi connectivity index (χ0v) is 11.6. The van der Waals surface area contributed by atoms with E-state index in [0.717, 1.165) is 0 Å². The molecule has 0 aromatic heterocycles. The van der Waals surface area contributed by atoms with Gasteiger partial charge in [0.25, 0.3) is 0 Å². The molecule has 0 spiro atoms. The number of aryl methyl sites for hydroxylation is 2. The van der Waals surface area contributed by atoms with E-state index in [0.29, 0.717) is 0 Å². The van der Waals surface area contributed by atoms with Crippen LogP contribution in [0.3, 0.4) is 0 Å². The molecular formula is C14H14Sb. The van der Waals surface area contributed by atoms with Gasteiger partial charge in [0.15, 0.2) is 0 Å². The number of hydrogen-bond donors (Lipinski definition) is 0. The average Bonchev–Trinajstić information content (AvgIpc) is 2.24. The van der Waals surface area contributed by atoms with Gasteiger partial charge >= 0.3 is 102 Å². The van der Waals surface area contributed by atoms with Gasteiger partial charge in [0, 0.05) is 0 Å². The van der Waals surface area contributed by atoms with Crippen molar-refractivity contribution in [1.82, 2.24) is 0 Å². The van der Waals surface area contributed by atoms with E-state index in [1.165, 1.54) is 11.1 Å². The molecule has 0 heterocycles. The van der Waals surface area contributed by atoms with Crippen LogP contribution in [0.2, 0.25) is 0 Å². The molecule has 2 aromatic carbocycles. The zero-order valence-electron chi connectivity index (χ0n) is 9.07. The van der Waals surface area contributed by atoms with Gasteiger partial charge in [-0.3, -0.25) is 0 Å². The van der Waals surface area contributed by atoms with Crippen molar-refractivity contribution in [3.8, 4) is 0 Å². The summed E-state index contributed by atoms with van der Waals surface area (Å²) in [5.41, 5.74) is 2.88. The normalized spacial score (nSPS) is 10.3. The van der Waals surface area contributed by atoms with Crippen molar-refractivity contribution < 1.29 is 0 Å². The summed E-state index contributed by atoms with van der Waals surface area (Å²) in [5.74, 6) is 0. The van der Waals surface area contributed by atoms with Gasteiger partial charge in [-0.05, 0) is 0 Å². The molecule has 0 bridgehead atoms. The minimum atomic E-state index is -0.399. The van der Waals surface area contributed by atoms with Crippen LogP contribution in [0.5, 0.6) is 0 Å². The van der Waals surface area contributed by atoms with Crippen molar-refractivity contribution in [3.63, 3.8) is 0 Å². The van der Waals surface area contributed by atoms with Gasteiger partial charge in [-0.1, -0.05) is 0 Å². The third-order valence-corrected chi connectivity index (χ3v) is 6.71. The molecule has 0 aliphatic carbocycles. The molecule has 0 amide bonds. The van der Waals surface area contributed by atoms with E-state index in [1.807, 2.05) is 0 Å². The van der Waals surface area contributed by atoms with Crippen LogP contribution in [0.25, 0.3) is 0 Å². The minimum absolute atomic E-state index is 0.399. The predicted octanol–water partition coefficient (Wildman–Crippen LogP) is 1.96. The molecule has 0 nitrogen and oxygen atoms in total. The summed E-state index contributed by atoms with van der Waals surface area (Å²) in [6.45, 7) is 4.42. The second-order valence-corrected chi connectivity index (χ2v) is 7.07. The van der Waals surface area contributed by atoms with E-state index in [-0.39, 0.29) is 0 Å². The van der Waals surface area contributed by atoms with Crippen molar-refractivity contribution in [3.05, 3.63) is 59.7 Å². The Morgan fingerprint density at radius 1 is 0.667 bits per heavy atom. The van der Waals surface area contributed by atoms with Crippen molar-refractivity contribution in [2.45, 2.75) is 13.8 Å². The maximum atomic E-state index is 2.28. The predicted molar refractivity (Wildman–Crippen MR) is 67.4 cm³/mol. The van der Waals surface area contributed by atoms with E-state index in [1.54, 1.807) is 7.02 Å². The van der Waals surface area contributed by atoms with Gasteiger partial charge in [0.05, 0.1) is 0 Å². The Labute approximate surface area is 102 Å². The first-order valence-electron chi connectivity index (χ1n) is 5.10. The summed E-state index contributed by atoms with van der Waals surface area (Å²) in [7, 11) is 0. The van der Waals surface area contributed by atoms with Crippen LogP contribution in [-0.2, 0) is 0 Å². The van der Waals surface area contributed by atoms with Gasteiger partial charge in [0.1, 0.15) is 0 Å². The van der Waals surface area contributed by atoms with Gasteiger partial charge < -0.3 is 0 Å². The Morgan fingerprint density at radius 3 is 1.47 bits per heavy atom. The summed E-state index contributed by atoms with van der Waals surface area (Å²) in [4.78, 5) is 0. The third-order valence-electron chi connectivity index (χ3n) is 2.47. The molecule has 1 heteroatoms. The van der Waals surface area contributed by atoms with Crippen LogP contribution in [-0.4, -0.2) is 21.6 Å². The number of benzene rings is 2. The molecule has 0 aliphatic rings. The summed E-state index contributed by atoms with van der Waals surface area (Å²) in [5, 5.41) is 0. The van der Waals surface area contributed by atoms with Crippen LogP contribution < -0.4 is 7.02 Å². The van der Waals surface area contributed by atoms with Crippen molar-refractivity contribution in [2.24, 2.45) is 0 Å². The van der Waals surface area contributed by atoms with Gasteiger partial charge in [-0.15, -0.1) is 0 Å². The van der Waals surface area contributed by atoms with Crippen LogP contribution in [0.4, 0.5) is 0 Å². The van der Waals surface area contributed by atoms with Crippen LogP contribution in [0, 0.1) is 13.8 Å². The fraction of sp³-hybridized carbons (Fsp3) is 0.143. The molecule has 0 saturated carbocycles. The summed E-state index contributed by atoms with van der Waals surface area (Å²) in [6, 6.07) is 17.5. The standard InChI is InChI=1S/2C7H7.Sb/c2*1-7-5-3-2-4-6-7;/h2*2-5H,1H3;. The Morgan fingerprint density at radius 2 is 1.07 bits per heavy atom. The summed E-state index contributed by atoms with van der Waals surface area (Å²) >= 11 is -0.399. The Hall–Kier alpha value is -0.742. The van der Waals surface area contributed by atoms with Crippen molar-refractivity contribution >= 4 is 28.6 Å². The molecule has 0 aliphatic heterocycles. The van der Waals surface area contributed by atoms with Crippen LogP contribution in [0.15, 0.2) is 48.5 Å². The molecule has 2 rings (SSSR count). The monoisotopic (exact) mass is 303 g/mol. The SMILES string of the molecule is Cc1cccc[c]1[Sb][c]1ccccc1C. The second kappa shape index (κ2) is 4.85. The molecule has 75 valence electrons. The summed E-state index contributed by atoms with van der Waals surface area (Å²) in [6.07, 6.45) is 0. The first-order chi connectivity index (χ1) is 7.27. The van der Waals surface area contributed by atoms with E-state index < -0.39 is 21.6 Å². The van der Waals surface area contributed by atoms with E-state index in [4.69, 9.17) is 0 Å². The summed E-state index contributed by atoms with van der Waals surface area (Å²) < 4.78 is 3.15. The van der Waals surface area contributed by atoms with Crippen molar-refractivity contribution in [1.29, 1.82) is 0 Å². The first kappa shape index (κ1) is 10.8. The van der Waals surface area contributed by atoms with Gasteiger partial charge in [0.2, 0.25) is 0 Å². The van der Waals surface area contributed by atoms with E-state index >= 15 is 0 Å². The van der Waals surface area contributed by atoms with Crippen LogP contribution in [0.1, 0.15) is 11.1 Å². The van der Waals surface area contributed by atoms with E-state index in [9.17, 15) is 0 Å². The quantitative estimate of drug-likeness (QED) is 0.744. The maximum absolute atomic E-state index is 2.28. The average molecular weight is 304 g/mol. The molecule has 0 saturated heterocycles. The van der Waals surface area contributed by atoms with Crippen LogP contribution >= 0.6 is 0 Å². The molecule has 15 heavy (non-hydrogen) atoms. The molecular weight excluding hydrogens is 290 g/mol. The molecule has 0 atom stereocenters. The zero-order chi connectivity index (χ0) is 10.7. The Kier molecular flexibility index (Phi) is 3.48. The van der Waals surface area contributed by atoms with E-state index in [2.05, 4.69) is 62.4 Å². The van der Waals surface area contributed by atoms with Gasteiger partial charge in [-0.2, -0.15) is 0 Å². The number of hydrogen-bond acceptors (Lipinski definition) is 0. The molecule has 1 radical (unpaired) electrons.